The Kier molecular flexibility index (Phi) is 8.84. The first-order chi connectivity index (χ1) is 20.4. The monoisotopic (exact) mass is 656 g/mol. The number of benzene rings is 3. The minimum Gasteiger partial charge on any atom is -0.497 e. The molecule has 0 spiro atoms. The van der Waals surface area contributed by atoms with E-state index < -0.39 is 56.6 Å². The number of carbonyl (C=O) groups is 2. The standard InChI is InChI=1S/C29H28ClF3N2O8S/c1-27(2,3)43-25(36)16-34-28(19-8-6-7-9-22(19)41-5)20-14-17(30)10-12-21(20)35(26(28)37)44(38,39)24-13-11-18(40-4)15-23(24)42-29(31,32)33/h6-15,34H,16H2,1-5H3. The Morgan fingerprint density at radius 3 is 2.25 bits per heavy atom. The molecular weight excluding hydrogens is 629 g/mol. The van der Waals surface area contributed by atoms with E-state index in [-0.39, 0.29) is 33.3 Å². The number of hydrogen-bond acceptors (Lipinski definition) is 9. The molecule has 1 heterocycles. The van der Waals surface area contributed by atoms with Crippen LogP contribution < -0.4 is 23.8 Å². The molecule has 1 unspecified atom stereocenters. The topological polar surface area (TPSA) is 120 Å². The summed E-state index contributed by atoms with van der Waals surface area (Å²) in [7, 11) is -2.65. The van der Waals surface area contributed by atoms with Gasteiger partial charge >= 0.3 is 12.3 Å². The van der Waals surface area contributed by atoms with Gasteiger partial charge in [-0.25, -0.2) is 12.7 Å². The zero-order valence-corrected chi connectivity index (χ0v) is 25.7. The maximum absolute atomic E-state index is 14.6. The number of esters is 1. The predicted octanol–water partition coefficient (Wildman–Crippen LogP) is 5.17. The molecule has 44 heavy (non-hydrogen) atoms. The SMILES string of the molecule is COc1ccc(S(=O)(=O)N2C(=O)C(NCC(=O)OC(C)(C)C)(c3ccccc3OC)c3cc(Cl)ccc32)c(OC(F)(F)F)c1. The van der Waals surface area contributed by atoms with Crippen LogP contribution in [0.25, 0.3) is 0 Å². The van der Waals surface area contributed by atoms with Gasteiger partial charge in [-0.3, -0.25) is 14.9 Å². The van der Waals surface area contributed by atoms with E-state index in [4.69, 9.17) is 25.8 Å². The summed E-state index contributed by atoms with van der Waals surface area (Å²) in [5.41, 5.74) is -3.20. The molecule has 0 saturated heterocycles. The Labute approximate surface area is 256 Å². The summed E-state index contributed by atoms with van der Waals surface area (Å²) in [4.78, 5) is 26.5. The number of para-hydroxylation sites is 1. The highest BCUT2D eigenvalue weighted by atomic mass is 35.5. The molecule has 0 aromatic heterocycles. The molecule has 10 nitrogen and oxygen atoms in total. The van der Waals surface area contributed by atoms with Crippen molar-refractivity contribution in [2.75, 3.05) is 25.1 Å². The number of hydrogen-bond donors (Lipinski definition) is 1. The van der Waals surface area contributed by atoms with E-state index in [1.807, 2.05) is 0 Å². The van der Waals surface area contributed by atoms with Gasteiger partial charge in [-0.1, -0.05) is 29.8 Å². The molecule has 1 aliphatic rings. The number of fused-ring (bicyclic) bond motifs is 1. The van der Waals surface area contributed by atoms with Crippen LogP contribution in [0.3, 0.4) is 0 Å². The number of nitrogens with zero attached hydrogens (tertiary/aromatic N) is 1. The van der Waals surface area contributed by atoms with Crippen LogP contribution in [0, 0.1) is 0 Å². The summed E-state index contributed by atoms with van der Waals surface area (Å²) >= 11 is 6.33. The smallest absolute Gasteiger partial charge is 0.497 e. The minimum atomic E-state index is -5.28. The van der Waals surface area contributed by atoms with Gasteiger partial charge in [0.25, 0.3) is 15.9 Å². The third-order valence-electron chi connectivity index (χ3n) is 6.41. The predicted molar refractivity (Wildman–Crippen MR) is 153 cm³/mol. The lowest BCUT2D eigenvalue weighted by molar-refractivity contribution is -0.275. The summed E-state index contributed by atoms with van der Waals surface area (Å²) in [6.45, 7) is 4.33. The molecule has 1 aliphatic heterocycles. The highest BCUT2D eigenvalue weighted by Gasteiger charge is 2.58. The van der Waals surface area contributed by atoms with Crippen molar-refractivity contribution >= 4 is 39.2 Å². The second-order valence-corrected chi connectivity index (χ2v) is 12.7. The first-order valence-corrected chi connectivity index (χ1v) is 14.7. The van der Waals surface area contributed by atoms with Crippen LogP contribution in [0.15, 0.2) is 65.6 Å². The Hall–Kier alpha value is -4.01. The van der Waals surface area contributed by atoms with Crippen molar-refractivity contribution in [3.05, 3.63) is 76.8 Å². The maximum atomic E-state index is 14.6. The fraction of sp³-hybridized carbons (Fsp3) is 0.310. The maximum Gasteiger partial charge on any atom is 0.573 e. The molecule has 1 amide bonds. The molecule has 4 rings (SSSR count). The molecule has 1 atom stereocenters. The number of amides is 1. The van der Waals surface area contributed by atoms with Crippen LogP contribution in [0.5, 0.6) is 17.2 Å². The Balaban J connectivity index is 1.99. The summed E-state index contributed by atoms with van der Waals surface area (Å²) in [6, 6.07) is 12.7. The van der Waals surface area contributed by atoms with Crippen molar-refractivity contribution in [2.45, 2.75) is 43.2 Å². The molecule has 3 aromatic carbocycles. The fourth-order valence-corrected chi connectivity index (χ4v) is 6.53. The molecule has 3 aromatic rings. The quantitative estimate of drug-likeness (QED) is 0.311. The second kappa shape index (κ2) is 11.8. The van der Waals surface area contributed by atoms with E-state index in [0.29, 0.717) is 4.31 Å². The van der Waals surface area contributed by atoms with Crippen LogP contribution >= 0.6 is 11.6 Å². The first-order valence-electron chi connectivity index (χ1n) is 12.9. The van der Waals surface area contributed by atoms with Gasteiger partial charge in [0.05, 0.1) is 26.5 Å². The summed E-state index contributed by atoms with van der Waals surface area (Å²) < 4.78 is 88.9. The van der Waals surface area contributed by atoms with Gasteiger partial charge in [0.1, 0.15) is 22.0 Å². The van der Waals surface area contributed by atoms with Crippen molar-refractivity contribution in [3.63, 3.8) is 0 Å². The van der Waals surface area contributed by atoms with E-state index >= 15 is 0 Å². The minimum absolute atomic E-state index is 0.0153. The molecule has 0 bridgehead atoms. The Morgan fingerprint density at radius 1 is 0.955 bits per heavy atom. The van der Waals surface area contributed by atoms with Gasteiger partial charge in [0, 0.05) is 22.2 Å². The molecule has 0 radical (unpaired) electrons. The Bertz CT molecular complexity index is 1710. The lowest BCUT2D eigenvalue weighted by atomic mass is 9.83. The van der Waals surface area contributed by atoms with Gasteiger partial charge in [-0.2, -0.15) is 0 Å². The number of methoxy groups -OCH3 is 2. The van der Waals surface area contributed by atoms with E-state index in [1.54, 1.807) is 32.9 Å². The summed E-state index contributed by atoms with van der Waals surface area (Å²) in [6.07, 6.45) is -5.28. The van der Waals surface area contributed by atoms with E-state index in [9.17, 15) is 31.2 Å². The molecule has 236 valence electrons. The first kappa shape index (κ1) is 32.9. The summed E-state index contributed by atoms with van der Waals surface area (Å²) in [5, 5.41) is 2.96. The van der Waals surface area contributed by atoms with Crippen LogP contribution in [0.2, 0.25) is 5.02 Å². The molecule has 0 saturated carbocycles. The second-order valence-electron chi connectivity index (χ2n) is 10.5. The molecule has 1 N–H and O–H groups in total. The lowest BCUT2D eigenvalue weighted by Crippen LogP contribution is -2.54. The van der Waals surface area contributed by atoms with Crippen molar-refractivity contribution in [3.8, 4) is 17.2 Å². The zero-order chi connectivity index (χ0) is 32.7. The number of rotatable bonds is 9. The number of ether oxygens (including phenoxy) is 4. The number of carbonyl (C=O) groups excluding carboxylic acids is 2. The number of halogens is 4. The number of anilines is 1. The highest BCUT2D eigenvalue weighted by molar-refractivity contribution is 7.93. The summed E-state index contributed by atoms with van der Waals surface area (Å²) in [5.74, 6) is -3.09. The van der Waals surface area contributed by atoms with Crippen molar-refractivity contribution in [1.29, 1.82) is 0 Å². The van der Waals surface area contributed by atoms with Crippen molar-refractivity contribution in [2.24, 2.45) is 0 Å². The van der Waals surface area contributed by atoms with Gasteiger partial charge in [-0.15, -0.1) is 13.2 Å². The third kappa shape index (κ3) is 6.28. The molecular formula is C29H28ClF3N2O8S. The van der Waals surface area contributed by atoms with Crippen LogP contribution in [0.1, 0.15) is 31.9 Å². The fourth-order valence-electron chi connectivity index (χ4n) is 4.80. The van der Waals surface area contributed by atoms with Gasteiger partial charge in [0.2, 0.25) is 0 Å². The zero-order valence-electron chi connectivity index (χ0n) is 24.1. The van der Waals surface area contributed by atoms with E-state index in [2.05, 4.69) is 10.1 Å². The average Bonchev–Trinajstić information content (AvgIpc) is 3.17. The van der Waals surface area contributed by atoms with E-state index in [0.717, 1.165) is 18.2 Å². The lowest BCUT2D eigenvalue weighted by Gasteiger charge is -2.32. The highest BCUT2D eigenvalue weighted by Crippen LogP contribution is 2.50. The largest absolute Gasteiger partial charge is 0.573 e. The normalized spacial score (nSPS) is 16.8. The average molecular weight is 657 g/mol. The van der Waals surface area contributed by atoms with Gasteiger partial charge in [-0.05, 0) is 57.2 Å². The van der Waals surface area contributed by atoms with Crippen LogP contribution in [-0.4, -0.2) is 53.0 Å². The third-order valence-corrected chi connectivity index (χ3v) is 8.38. The van der Waals surface area contributed by atoms with Crippen LogP contribution in [-0.2, 0) is 29.9 Å². The van der Waals surface area contributed by atoms with Crippen molar-refractivity contribution in [1.82, 2.24) is 5.32 Å². The van der Waals surface area contributed by atoms with Crippen molar-refractivity contribution < 1.29 is 50.1 Å². The number of nitrogens with one attached hydrogen (secondary N) is 1. The number of alkyl halides is 3. The molecule has 0 fully saturated rings. The van der Waals surface area contributed by atoms with Gasteiger partial charge in [0.15, 0.2) is 11.3 Å². The Morgan fingerprint density at radius 2 is 1.64 bits per heavy atom. The molecule has 0 aliphatic carbocycles. The number of sulfonamides is 1. The molecule has 15 heteroatoms. The van der Waals surface area contributed by atoms with E-state index in [1.165, 1.54) is 44.6 Å². The van der Waals surface area contributed by atoms with Crippen LogP contribution in [0.4, 0.5) is 18.9 Å². The van der Waals surface area contributed by atoms with Gasteiger partial charge < -0.3 is 18.9 Å².